The quantitative estimate of drug-likeness (QED) is 0.192. The first-order valence-corrected chi connectivity index (χ1v) is 12.5. The third-order valence-electron chi connectivity index (χ3n) is 6.16. The van der Waals surface area contributed by atoms with Crippen LogP contribution in [0.2, 0.25) is 10.0 Å². The number of hydrogen-bond acceptors (Lipinski definition) is 5. The number of aryl methyl sites for hydroxylation is 1. The summed E-state index contributed by atoms with van der Waals surface area (Å²) in [4.78, 5) is 36.0. The SMILES string of the molecule is Cc1cc(C(=O)C[C@](C[N+](=O)[O-])(c2cc(Cl)cc(Cl)c2)C(F)(F)F)ccc1C(=O)CC1(C)CSC1. The predicted molar refractivity (Wildman–Crippen MR) is 131 cm³/mol. The van der Waals surface area contributed by atoms with Crippen molar-refractivity contribution in [2.45, 2.75) is 38.3 Å². The van der Waals surface area contributed by atoms with Crippen LogP contribution >= 0.6 is 35.0 Å². The second kappa shape index (κ2) is 10.1. The second-order valence-corrected chi connectivity index (χ2v) is 11.1. The summed E-state index contributed by atoms with van der Waals surface area (Å²) >= 11 is 13.5. The fraction of sp³-hybridized carbons (Fsp3) is 0.417. The van der Waals surface area contributed by atoms with Gasteiger partial charge in [0.1, 0.15) is 0 Å². The van der Waals surface area contributed by atoms with Gasteiger partial charge in [-0.05, 0) is 59.2 Å². The van der Waals surface area contributed by atoms with E-state index in [1.807, 2.05) is 6.92 Å². The zero-order valence-electron chi connectivity index (χ0n) is 18.9. The Kier molecular flexibility index (Phi) is 7.94. The van der Waals surface area contributed by atoms with Crippen molar-refractivity contribution in [2.75, 3.05) is 18.1 Å². The van der Waals surface area contributed by atoms with Gasteiger partial charge in [-0.2, -0.15) is 24.9 Å². The lowest BCUT2D eigenvalue weighted by Gasteiger charge is -2.37. The maximum absolute atomic E-state index is 14.4. The Morgan fingerprint density at radius 1 is 1.09 bits per heavy atom. The highest BCUT2D eigenvalue weighted by atomic mass is 35.5. The molecule has 2 aromatic carbocycles. The van der Waals surface area contributed by atoms with Crippen LogP contribution in [-0.4, -0.2) is 40.7 Å². The molecule has 0 radical (unpaired) electrons. The number of alkyl halides is 3. The van der Waals surface area contributed by atoms with Gasteiger partial charge < -0.3 is 0 Å². The minimum Gasteiger partial charge on any atom is -0.294 e. The molecular weight excluding hydrogens is 526 g/mol. The van der Waals surface area contributed by atoms with Gasteiger partial charge in [-0.1, -0.05) is 42.3 Å². The van der Waals surface area contributed by atoms with E-state index in [4.69, 9.17) is 23.2 Å². The van der Waals surface area contributed by atoms with Crippen LogP contribution in [0.25, 0.3) is 0 Å². The van der Waals surface area contributed by atoms with Crippen molar-refractivity contribution < 1.29 is 27.7 Å². The molecule has 35 heavy (non-hydrogen) atoms. The Bertz CT molecular complexity index is 1160. The number of nitro groups is 1. The van der Waals surface area contributed by atoms with Crippen LogP contribution in [0.15, 0.2) is 36.4 Å². The van der Waals surface area contributed by atoms with E-state index < -0.39 is 40.8 Å². The number of benzene rings is 2. The highest BCUT2D eigenvalue weighted by molar-refractivity contribution is 8.00. The molecule has 0 bridgehead atoms. The minimum atomic E-state index is -5.16. The number of nitrogens with zero attached hydrogens (tertiary/aromatic N) is 1. The van der Waals surface area contributed by atoms with Crippen LogP contribution in [0.4, 0.5) is 13.2 Å². The van der Waals surface area contributed by atoms with Crippen molar-refractivity contribution in [3.05, 3.63) is 78.8 Å². The molecule has 0 aromatic heterocycles. The lowest BCUT2D eigenvalue weighted by atomic mass is 9.74. The van der Waals surface area contributed by atoms with E-state index in [9.17, 15) is 32.9 Å². The molecule has 2 aromatic rings. The highest BCUT2D eigenvalue weighted by Gasteiger charge is 2.60. The first-order valence-electron chi connectivity index (χ1n) is 10.6. The minimum absolute atomic E-state index is 0.0745. The van der Waals surface area contributed by atoms with Crippen molar-refractivity contribution in [2.24, 2.45) is 5.41 Å². The molecule has 5 nitrogen and oxygen atoms in total. The van der Waals surface area contributed by atoms with Crippen LogP contribution in [0, 0.1) is 22.5 Å². The predicted octanol–water partition coefficient (Wildman–Crippen LogP) is 6.98. The molecular formula is C24H22Cl2F3NO4S. The van der Waals surface area contributed by atoms with E-state index in [1.165, 1.54) is 24.3 Å². The molecule has 1 saturated heterocycles. The van der Waals surface area contributed by atoms with Crippen molar-refractivity contribution >= 4 is 46.5 Å². The molecule has 1 aliphatic heterocycles. The summed E-state index contributed by atoms with van der Waals surface area (Å²) in [5, 5.41) is 11.0. The van der Waals surface area contributed by atoms with Crippen LogP contribution in [0.5, 0.6) is 0 Å². The fourth-order valence-electron chi connectivity index (χ4n) is 4.21. The molecule has 0 unspecified atom stereocenters. The summed E-state index contributed by atoms with van der Waals surface area (Å²) in [6, 6.07) is 7.14. The number of carbonyl (C=O) groups excluding carboxylic acids is 2. The average molecular weight is 548 g/mol. The average Bonchev–Trinajstić information content (AvgIpc) is 2.69. The third kappa shape index (κ3) is 6.01. The number of carbonyl (C=O) groups is 2. The van der Waals surface area contributed by atoms with Gasteiger partial charge in [-0.25, -0.2) is 0 Å². The van der Waals surface area contributed by atoms with E-state index >= 15 is 0 Å². The standard InChI is InChI=1S/C24H22Cl2F3NO4S/c1-14-5-15(3-4-19(14)21(32)9-22(2)12-35-13-22)20(31)10-23(11-30(33)34,24(27,28)29)16-6-17(25)8-18(26)7-16/h3-8H,9-13H2,1-2H3/t23-/m0/s1. The second-order valence-electron chi connectivity index (χ2n) is 9.26. The van der Waals surface area contributed by atoms with E-state index in [0.29, 0.717) is 17.5 Å². The number of thioether (sulfide) groups is 1. The monoisotopic (exact) mass is 547 g/mol. The number of rotatable bonds is 9. The molecule has 0 saturated carbocycles. The van der Waals surface area contributed by atoms with E-state index in [2.05, 4.69) is 0 Å². The molecule has 0 spiro atoms. The zero-order chi connectivity index (χ0) is 26.2. The summed E-state index contributed by atoms with van der Waals surface area (Å²) in [5.74, 6) is 0.691. The third-order valence-corrected chi connectivity index (χ3v) is 8.39. The Hall–Kier alpha value is -2.10. The van der Waals surface area contributed by atoms with E-state index in [0.717, 1.165) is 23.6 Å². The maximum Gasteiger partial charge on any atom is 0.405 e. The zero-order valence-corrected chi connectivity index (χ0v) is 21.2. The molecule has 0 N–H and O–H groups in total. The summed E-state index contributed by atoms with van der Waals surface area (Å²) < 4.78 is 43.3. The number of hydrogen-bond donors (Lipinski definition) is 0. The van der Waals surface area contributed by atoms with Crippen LogP contribution in [-0.2, 0) is 5.41 Å². The molecule has 0 amide bonds. The van der Waals surface area contributed by atoms with Crippen LogP contribution in [0.3, 0.4) is 0 Å². The number of Topliss-reactive ketones (excluding diaryl/α,β-unsaturated/α-hetero) is 2. The van der Waals surface area contributed by atoms with Crippen molar-refractivity contribution in [1.29, 1.82) is 0 Å². The van der Waals surface area contributed by atoms with Gasteiger partial charge in [-0.15, -0.1) is 0 Å². The molecule has 1 fully saturated rings. The molecule has 1 aliphatic rings. The Morgan fingerprint density at radius 3 is 2.14 bits per heavy atom. The summed E-state index contributed by atoms with van der Waals surface area (Å²) in [6.07, 6.45) is -6.05. The molecule has 1 atom stereocenters. The molecule has 1 heterocycles. The lowest BCUT2D eigenvalue weighted by Crippen LogP contribution is -2.49. The summed E-state index contributed by atoms with van der Waals surface area (Å²) in [7, 11) is 0. The fourth-order valence-corrected chi connectivity index (χ4v) is 5.85. The molecule has 11 heteroatoms. The van der Waals surface area contributed by atoms with Gasteiger partial charge in [0.05, 0.1) is 0 Å². The normalized spacial score (nSPS) is 16.8. The topological polar surface area (TPSA) is 77.3 Å². The Labute approximate surface area is 214 Å². The van der Waals surface area contributed by atoms with Crippen molar-refractivity contribution in [3.63, 3.8) is 0 Å². The van der Waals surface area contributed by atoms with Gasteiger partial charge in [0.15, 0.2) is 17.0 Å². The van der Waals surface area contributed by atoms with Gasteiger partial charge in [0.2, 0.25) is 6.54 Å². The van der Waals surface area contributed by atoms with Gasteiger partial charge in [0, 0.05) is 38.9 Å². The van der Waals surface area contributed by atoms with Gasteiger partial charge in [0.25, 0.3) is 0 Å². The summed E-state index contributed by atoms with van der Waals surface area (Å²) in [6.45, 7) is 2.04. The summed E-state index contributed by atoms with van der Waals surface area (Å²) in [5.41, 5.74) is -3.03. The van der Waals surface area contributed by atoms with E-state index in [-0.39, 0.29) is 26.8 Å². The van der Waals surface area contributed by atoms with Gasteiger partial charge >= 0.3 is 6.18 Å². The molecule has 0 aliphatic carbocycles. The lowest BCUT2D eigenvalue weighted by molar-refractivity contribution is -0.501. The molecule has 188 valence electrons. The Balaban J connectivity index is 1.97. The largest absolute Gasteiger partial charge is 0.405 e. The highest BCUT2D eigenvalue weighted by Crippen LogP contribution is 2.46. The van der Waals surface area contributed by atoms with Crippen molar-refractivity contribution in [1.82, 2.24) is 0 Å². The first kappa shape index (κ1) is 27.5. The maximum atomic E-state index is 14.4. The van der Waals surface area contributed by atoms with Crippen LogP contribution in [0.1, 0.15) is 51.6 Å². The first-order chi connectivity index (χ1) is 16.2. The van der Waals surface area contributed by atoms with Gasteiger partial charge in [-0.3, -0.25) is 19.7 Å². The number of ketones is 2. The Morgan fingerprint density at radius 2 is 1.69 bits per heavy atom. The van der Waals surface area contributed by atoms with Crippen LogP contribution < -0.4 is 0 Å². The smallest absolute Gasteiger partial charge is 0.294 e. The van der Waals surface area contributed by atoms with Crippen molar-refractivity contribution in [3.8, 4) is 0 Å². The van der Waals surface area contributed by atoms with E-state index in [1.54, 1.807) is 18.7 Å². The molecule has 3 rings (SSSR count). The number of halogens is 5.